The lowest BCUT2D eigenvalue weighted by Gasteiger charge is -2.27. The first-order valence-electron chi connectivity index (χ1n) is 9.67. The van der Waals surface area contributed by atoms with E-state index >= 15 is 0 Å². The first-order valence-corrected chi connectivity index (χ1v) is 11.2. The number of amides is 1. The van der Waals surface area contributed by atoms with Crippen LogP contribution in [0.5, 0.6) is 0 Å². The Balaban J connectivity index is 1.54. The van der Waals surface area contributed by atoms with Gasteiger partial charge in [0.05, 0.1) is 29.8 Å². The molecule has 2 fully saturated rings. The third-order valence-corrected chi connectivity index (χ3v) is 7.61. The molecule has 1 N–H and O–H groups in total. The first-order chi connectivity index (χ1) is 13.6. The topological polar surface area (TPSA) is 82.9 Å². The molecule has 0 spiro atoms. The van der Waals surface area contributed by atoms with Gasteiger partial charge in [0.15, 0.2) is 0 Å². The summed E-state index contributed by atoms with van der Waals surface area (Å²) in [6.07, 6.45) is 3.86. The Labute approximate surface area is 165 Å². The van der Waals surface area contributed by atoms with Gasteiger partial charge >= 0.3 is 0 Å². The summed E-state index contributed by atoms with van der Waals surface area (Å²) in [4.78, 5) is 14.5. The van der Waals surface area contributed by atoms with Crippen molar-refractivity contribution in [3.05, 3.63) is 54.5 Å². The van der Waals surface area contributed by atoms with Gasteiger partial charge in [-0.2, -0.15) is 0 Å². The molecular weight excluding hydrogens is 378 g/mol. The molecule has 2 unspecified atom stereocenters. The van der Waals surface area contributed by atoms with Crippen LogP contribution in [0.1, 0.15) is 25.0 Å². The predicted octanol–water partition coefficient (Wildman–Crippen LogP) is 1.97. The number of sulfonamides is 1. The van der Waals surface area contributed by atoms with Crippen LogP contribution in [0, 0.1) is 0 Å². The van der Waals surface area contributed by atoms with Crippen molar-refractivity contribution in [3.8, 4) is 0 Å². The highest BCUT2D eigenvalue weighted by atomic mass is 32.2. The highest BCUT2D eigenvalue weighted by Crippen LogP contribution is 2.27. The van der Waals surface area contributed by atoms with E-state index in [1.807, 2.05) is 23.1 Å². The number of nitrogens with zero attached hydrogens (tertiary/aromatic N) is 2. The minimum Gasteiger partial charge on any atom is -0.467 e. The molecule has 28 heavy (non-hydrogen) atoms. The average Bonchev–Trinajstić information content (AvgIpc) is 3.49. The standard InChI is InChI=1S/C20H25N3O4S/c24-20(22-10-4-5-11-22)19-13-18(14-21-19)28(25,26)23(15-17-9-6-12-27-17)16-7-2-1-3-8-16/h1-3,6-9,12,18-19,21H,4-5,10-11,13-15H2. The molecule has 3 heterocycles. The van der Waals surface area contributed by atoms with Crippen LogP contribution in [0.25, 0.3) is 0 Å². The van der Waals surface area contributed by atoms with Crippen LogP contribution in [0.4, 0.5) is 5.69 Å². The Bertz CT molecular complexity index is 893. The number of hydrogen-bond donors (Lipinski definition) is 1. The van der Waals surface area contributed by atoms with E-state index in [4.69, 9.17) is 4.42 Å². The van der Waals surface area contributed by atoms with Gasteiger partial charge in [-0.05, 0) is 43.5 Å². The fraction of sp³-hybridized carbons (Fsp3) is 0.450. The van der Waals surface area contributed by atoms with Crippen molar-refractivity contribution in [3.63, 3.8) is 0 Å². The SMILES string of the molecule is O=C(C1CC(S(=O)(=O)N(Cc2ccco2)c2ccccc2)CN1)N1CCCC1. The zero-order valence-electron chi connectivity index (χ0n) is 15.7. The molecule has 4 rings (SSSR count). The molecule has 2 aliphatic heterocycles. The maximum atomic E-state index is 13.5. The molecule has 0 radical (unpaired) electrons. The lowest BCUT2D eigenvalue weighted by molar-refractivity contribution is -0.131. The Morgan fingerprint density at radius 3 is 2.57 bits per heavy atom. The molecule has 150 valence electrons. The van der Waals surface area contributed by atoms with Gasteiger partial charge in [-0.3, -0.25) is 9.10 Å². The van der Waals surface area contributed by atoms with Crippen LogP contribution < -0.4 is 9.62 Å². The number of nitrogens with one attached hydrogen (secondary N) is 1. The van der Waals surface area contributed by atoms with Crippen molar-refractivity contribution < 1.29 is 17.6 Å². The van der Waals surface area contributed by atoms with Crippen LogP contribution in [0.15, 0.2) is 53.1 Å². The Morgan fingerprint density at radius 1 is 1.14 bits per heavy atom. The number of para-hydroxylation sites is 1. The molecule has 2 aromatic rings. The summed E-state index contributed by atoms with van der Waals surface area (Å²) in [5.74, 6) is 0.593. The Kier molecular flexibility index (Phi) is 5.41. The van der Waals surface area contributed by atoms with Crippen molar-refractivity contribution in [2.75, 3.05) is 23.9 Å². The summed E-state index contributed by atoms with van der Waals surface area (Å²) in [6.45, 7) is 1.93. The number of rotatable bonds is 6. The largest absolute Gasteiger partial charge is 0.467 e. The number of furan rings is 1. The second-order valence-corrected chi connectivity index (χ2v) is 9.45. The van der Waals surface area contributed by atoms with Crippen LogP contribution in [-0.4, -0.2) is 50.2 Å². The molecule has 2 aliphatic rings. The van der Waals surface area contributed by atoms with Gasteiger partial charge in [0.25, 0.3) is 0 Å². The molecule has 2 saturated heterocycles. The highest BCUT2D eigenvalue weighted by Gasteiger charge is 2.42. The van der Waals surface area contributed by atoms with E-state index in [0.717, 1.165) is 25.9 Å². The van der Waals surface area contributed by atoms with Gasteiger partial charge in [-0.1, -0.05) is 18.2 Å². The van der Waals surface area contributed by atoms with E-state index in [1.54, 1.807) is 24.3 Å². The Hall–Kier alpha value is -2.32. The van der Waals surface area contributed by atoms with Gasteiger partial charge < -0.3 is 14.6 Å². The van der Waals surface area contributed by atoms with E-state index in [0.29, 0.717) is 17.9 Å². The van der Waals surface area contributed by atoms with Crippen molar-refractivity contribution in [1.29, 1.82) is 0 Å². The molecule has 7 nitrogen and oxygen atoms in total. The number of carbonyl (C=O) groups is 1. The van der Waals surface area contributed by atoms with E-state index in [2.05, 4.69) is 5.32 Å². The lowest BCUT2D eigenvalue weighted by Crippen LogP contribution is -2.42. The van der Waals surface area contributed by atoms with Crippen LogP contribution >= 0.6 is 0 Å². The molecule has 1 aromatic carbocycles. The summed E-state index contributed by atoms with van der Waals surface area (Å²) >= 11 is 0. The zero-order valence-corrected chi connectivity index (χ0v) is 16.5. The summed E-state index contributed by atoms with van der Waals surface area (Å²) in [5, 5.41) is 2.48. The summed E-state index contributed by atoms with van der Waals surface area (Å²) < 4.78 is 33.7. The van der Waals surface area contributed by atoms with E-state index in [9.17, 15) is 13.2 Å². The second kappa shape index (κ2) is 7.97. The van der Waals surface area contributed by atoms with Crippen molar-refractivity contribution >= 4 is 21.6 Å². The predicted molar refractivity (Wildman–Crippen MR) is 106 cm³/mol. The lowest BCUT2D eigenvalue weighted by atomic mass is 10.2. The van der Waals surface area contributed by atoms with Gasteiger partial charge in [0, 0.05) is 19.6 Å². The second-order valence-electron chi connectivity index (χ2n) is 7.32. The van der Waals surface area contributed by atoms with Crippen LogP contribution in [-0.2, 0) is 21.4 Å². The third-order valence-electron chi connectivity index (χ3n) is 5.46. The number of benzene rings is 1. The fourth-order valence-corrected chi connectivity index (χ4v) is 5.75. The number of hydrogen-bond acceptors (Lipinski definition) is 5. The number of carbonyl (C=O) groups excluding carboxylic acids is 1. The maximum absolute atomic E-state index is 13.5. The summed E-state index contributed by atoms with van der Waals surface area (Å²) in [7, 11) is -3.68. The number of anilines is 1. The van der Waals surface area contributed by atoms with Crippen LogP contribution in [0.3, 0.4) is 0 Å². The molecule has 2 atom stereocenters. The van der Waals surface area contributed by atoms with Gasteiger partial charge in [-0.25, -0.2) is 8.42 Å². The van der Waals surface area contributed by atoms with Crippen molar-refractivity contribution in [2.24, 2.45) is 0 Å². The van der Waals surface area contributed by atoms with Crippen molar-refractivity contribution in [1.82, 2.24) is 10.2 Å². The summed E-state index contributed by atoms with van der Waals surface area (Å²) in [5.41, 5.74) is 0.591. The van der Waals surface area contributed by atoms with E-state index < -0.39 is 21.3 Å². The zero-order chi connectivity index (χ0) is 19.6. The smallest absolute Gasteiger partial charge is 0.239 e. The molecule has 8 heteroatoms. The van der Waals surface area contributed by atoms with Crippen molar-refractivity contribution in [2.45, 2.75) is 37.1 Å². The minimum absolute atomic E-state index is 0.0208. The quantitative estimate of drug-likeness (QED) is 0.797. The maximum Gasteiger partial charge on any atom is 0.239 e. The average molecular weight is 404 g/mol. The molecule has 1 amide bonds. The van der Waals surface area contributed by atoms with Gasteiger partial charge in [0.1, 0.15) is 5.76 Å². The normalized spacial score (nSPS) is 22.5. The monoisotopic (exact) mass is 403 g/mol. The molecule has 1 aromatic heterocycles. The van der Waals surface area contributed by atoms with Crippen LogP contribution in [0.2, 0.25) is 0 Å². The fourth-order valence-electron chi connectivity index (χ4n) is 3.92. The van der Waals surface area contributed by atoms with E-state index in [-0.39, 0.29) is 19.0 Å². The summed E-state index contributed by atoms with van der Waals surface area (Å²) in [6, 6.07) is 12.1. The molecule has 0 aliphatic carbocycles. The highest BCUT2D eigenvalue weighted by molar-refractivity contribution is 7.93. The minimum atomic E-state index is -3.68. The van der Waals surface area contributed by atoms with Gasteiger partial charge in [-0.15, -0.1) is 0 Å². The Morgan fingerprint density at radius 2 is 1.89 bits per heavy atom. The molecule has 0 saturated carbocycles. The number of likely N-dealkylation sites (tertiary alicyclic amines) is 1. The molecular formula is C20H25N3O4S. The van der Waals surface area contributed by atoms with Gasteiger partial charge in [0.2, 0.25) is 15.9 Å². The third kappa shape index (κ3) is 3.79. The van der Waals surface area contributed by atoms with E-state index in [1.165, 1.54) is 10.6 Å². The molecule has 0 bridgehead atoms. The first kappa shape index (κ1) is 19.0.